The maximum atomic E-state index is 12.4. The fourth-order valence-corrected chi connectivity index (χ4v) is 3.63. The summed E-state index contributed by atoms with van der Waals surface area (Å²) in [5.74, 6) is 1.46. The number of rotatable bonds is 7. The van der Waals surface area contributed by atoms with E-state index in [0.717, 1.165) is 49.7 Å². The molecule has 160 valence electrons. The molecule has 0 radical (unpaired) electrons. The van der Waals surface area contributed by atoms with Crippen molar-refractivity contribution in [3.63, 3.8) is 0 Å². The number of amides is 1. The van der Waals surface area contributed by atoms with Crippen LogP contribution in [0, 0.1) is 0 Å². The molecule has 1 saturated heterocycles. The first-order valence-electron chi connectivity index (χ1n) is 10.6. The molecule has 0 atom stereocenters. The van der Waals surface area contributed by atoms with Crippen LogP contribution in [0.1, 0.15) is 11.1 Å². The van der Waals surface area contributed by atoms with Gasteiger partial charge in [0.25, 0.3) is 5.91 Å². The molecule has 1 aliphatic rings. The van der Waals surface area contributed by atoms with E-state index in [1.54, 1.807) is 6.20 Å². The van der Waals surface area contributed by atoms with E-state index in [1.165, 1.54) is 5.56 Å². The van der Waals surface area contributed by atoms with Gasteiger partial charge < -0.3 is 19.9 Å². The van der Waals surface area contributed by atoms with Crippen LogP contribution in [-0.4, -0.2) is 55.6 Å². The minimum Gasteiger partial charge on any atom is -0.483 e. The van der Waals surface area contributed by atoms with Crippen molar-refractivity contribution in [2.75, 3.05) is 50.1 Å². The highest BCUT2D eigenvalue weighted by Gasteiger charge is 2.15. The van der Waals surface area contributed by atoms with Crippen LogP contribution in [0.4, 0.5) is 11.5 Å². The Morgan fingerprint density at radius 2 is 1.71 bits per heavy atom. The molecule has 1 amide bonds. The number of pyridine rings is 1. The lowest BCUT2D eigenvalue weighted by Gasteiger charge is -2.33. The lowest BCUT2D eigenvalue weighted by atomic mass is 10.0. The second-order valence-corrected chi connectivity index (χ2v) is 7.80. The Labute approximate surface area is 183 Å². The summed E-state index contributed by atoms with van der Waals surface area (Å²) >= 11 is 0. The van der Waals surface area contributed by atoms with E-state index in [0.29, 0.717) is 5.69 Å². The van der Waals surface area contributed by atoms with Crippen LogP contribution in [0.2, 0.25) is 0 Å². The Balaban J connectivity index is 1.31. The molecule has 0 aliphatic carbocycles. The predicted molar refractivity (Wildman–Crippen MR) is 124 cm³/mol. The molecule has 1 fully saturated rings. The molecule has 1 aromatic heterocycles. The molecule has 0 spiro atoms. The summed E-state index contributed by atoms with van der Waals surface area (Å²) in [6.45, 7) is 3.94. The highest BCUT2D eigenvalue weighted by Crippen LogP contribution is 2.22. The van der Waals surface area contributed by atoms with Crippen LogP contribution < -0.4 is 15.0 Å². The number of benzene rings is 2. The zero-order valence-electron chi connectivity index (χ0n) is 17.8. The van der Waals surface area contributed by atoms with E-state index in [4.69, 9.17) is 4.74 Å². The Morgan fingerprint density at radius 1 is 0.968 bits per heavy atom. The van der Waals surface area contributed by atoms with Crippen molar-refractivity contribution in [1.29, 1.82) is 0 Å². The molecular weight excluding hydrogens is 388 g/mol. The van der Waals surface area contributed by atoms with Gasteiger partial charge in [0.2, 0.25) is 0 Å². The van der Waals surface area contributed by atoms with Gasteiger partial charge in [0.1, 0.15) is 11.6 Å². The molecule has 31 heavy (non-hydrogen) atoms. The van der Waals surface area contributed by atoms with Crippen molar-refractivity contribution < 1.29 is 9.53 Å². The highest BCUT2D eigenvalue weighted by atomic mass is 16.5. The SMILES string of the molecule is CN1CCN(c2ccc(NC(=O)COc3ccccc3Cc3ccccc3)cn2)CC1. The smallest absolute Gasteiger partial charge is 0.262 e. The van der Waals surface area contributed by atoms with Crippen LogP contribution in [0.25, 0.3) is 0 Å². The van der Waals surface area contributed by atoms with Gasteiger partial charge >= 0.3 is 0 Å². The van der Waals surface area contributed by atoms with E-state index in [9.17, 15) is 4.79 Å². The number of anilines is 2. The third-order valence-corrected chi connectivity index (χ3v) is 5.43. The molecule has 6 heteroatoms. The second-order valence-electron chi connectivity index (χ2n) is 7.80. The molecule has 0 saturated carbocycles. The Morgan fingerprint density at radius 3 is 2.45 bits per heavy atom. The minimum absolute atomic E-state index is 0.0496. The zero-order chi connectivity index (χ0) is 21.5. The summed E-state index contributed by atoms with van der Waals surface area (Å²) in [6.07, 6.45) is 2.46. The first-order chi connectivity index (χ1) is 15.2. The molecule has 2 aromatic carbocycles. The van der Waals surface area contributed by atoms with Crippen LogP contribution in [0.3, 0.4) is 0 Å². The standard InChI is InChI=1S/C25H28N4O2/c1-28-13-15-29(16-14-28)24-12-11-22(18-26-24)27-25(30)19-31-23-10-6-5-9-21(23)17-20-7-3-2-4-8-20/h2-12,18H,13-17,19H2,1H3,(H,27,30). The minimum atomic E-state index is -0.205. The number of aromatic nitrogens is 1. The van der Waals surface area contributed by atoms with Gasteiger partial charge in [-0.25, -0.2) is 4.98 Å². The number of hydrogen-bond donors (Lipinski definition) is 1. The van der Waals surface area contributed by atoms with Crippen molar-refractivity contribution in [3.8, 4) is 5.75 Å². The van der Waals surface area contributed by atoms with E-state index in [2.05, 4.69) is 39.3 Å². The van der Waals surface area contributed by atoms with Crippen LogP contribution in [-0.2, 0) is 11.2 Å². The van der Waals surface area contributed by atoms with Crippen molar-refractivity contribution in [3.05, 3.63) is 84.1 Å². The second kappa shape index (κ2) is 10.1. The number of nitrogens with one attached hydrogen (secondary N) is 1. The normalized spacial score (nSPS) is 14.3. The third-order valence-electron chi connectivity index (χ3n) is 5.43. The van der Waals surface area contributed by atoms with Crippen molar-refractivity contribution in [1.82, 2.24) is 9.88 Å². The topological polar surface area (TPSA) is 57.7 Å². The predicted octanol–water partition coefficient (Wildman–Crippen LogP) is 3.44. The maximum Gasteiger partial charge on any atom is 0.262 e. The summed E-state index contributed by atoms with van der Waals surface area (Å²) < 4.78 is 5.83. The summed E-state index contributed by atoms with van der Waals surface area (Å²) in [5, 5.41) is 2.87. The van der Waals surface area contributed by atoms with Crippen molar-refractivity contribution in [2.45, 2.75) is 6.42 Å². The quantitative estimate of drug-likeness (QED) is 0.639. The summed E-state index contributed by atoms with van der Waals surface area (Å²) in [5.41, 5.74) is 2.93. The number of para-hydroxylation sites is 1. The van der Waals surface area contributed by atoms with E-state index in [1.807, 2.05) is 54.6 Å². The van der Waals surface area contributed by atoms with Gasteiger partial charge in [-0.15, -0.1) is 0 Å². The summed E-state index contributed by atoms with van der Waals surface area (Å²) in [4.78, 5) is 21.5. The van der Waals surface area contributed by atoms with Gasteiger partial charge in [-0.05, 0) is 36.4 Å². The van der Waals surface area contributed by atoms with Gasteiger partial charge in [0.05, 0.1) is 11.9 Å². The van der Waals surface area contributed by atoms with Crippen LogP contribution in [0.5, 0.6) is 5.75 Å². The number of likely N-dealkylation sites (N-methyl/N-ethyl adjacent to an activating group) is 1. The van der Waals surface area contributed by atoms with Crippen LogP contribution >= 0.6 is 0 Å². The molecule has 1 N–H and O–H groups in total. The molecule has 2 heterocycles. The molecule has 4 rings (SSSR count). The van der Waals surface area contributed by atoms with Crippen molar-refractivity contribution >= 4 is 17.4 Å². The molecule has 1 aliphatic heterocycles. The Kier molecular flexibility index (Phi) is 6.79. The number of carbonyl (C=O) groups excluding carboxylic acids is 1. The van der Waals surface area contributed by atoms with Crippen LogP contribution in [0.15, 0.2) is 72.9 Å². The fourth-order valence-electron chi connectivity index (χ4n) is 3.63. The average Bonchev–Trinajstić information content (AvgIpc) is 2.80. The highest BCUT2D eigenvalue weighted by molar-refractivity contribution is 5.91. The molecule has 6 nitrogen and oxygen atoms in total. The number of nitrogens with zero attached hydrogens (tertiary/aromatic N) is 3. The summed E-state index contributed by atoms with van der Waals surface area (Å²) in [7, 11) is 2.13. The lowest BCUT2D eigenvalue weighted by Crippen LogP contribution is -2.44. The average molecular weight is 417 g/mol. The number of ether oxygens (including phenoxy) is 1. The lowest BCUT2D eigenvalue weighted by molar-refractivity contribution is -0.118. The maximum absolute atomic E-state index is 12.4. The van der Waals surface area contributed by atoms with Gasteiger partial charge in [0, 0.05) is 32.6 Å². The summed E-state index contributed by atoms with van der Waals surface area (Å²) in [6, 6.07) is 21.9. The van der Waals surface area contributed by atoms with E-state index < -0.39 is 0 Å². The molecule has 0 bridgehead atoms. The van der Waals surface area contributed by atoms with E-state index >= 15 is 0 Å². The first kappa shape index (κ1) is 20.9. The third kappa shape index (κ3) is 5.83. The Hall–Kier alpha value is -3.38. The molecule has 3 aromatic rings. The number of hydrogen-bond acceptors (Lipinski definition) is 5. The largest absolute Gasteiger partial charge is 0.483 e. The van der Waals surface area contributed by atoms with Crippen molar-refractivity contribution in [2.24, 2.45) is 0 Å². The monoisotopic (exact) mass is 416 g/mol. The number of piperazine rings is 1. The number of carbonyl (C=O) groups is 1. The van der Waals surface area contributed by atoms with Gasteiger partial charge in [-0.2, -0.15) is 0 Å². The molecular formula is C25H28N4O2. The van der Waals surface area contributed by atoms with Gasteiger partial charge in [-0.3, -0.25) is 4.79 Å². The van der Waals surface area contributed by atoms with E-state index in [-0.39, 0.29) is 12.5 Å². The first-order valence-corrected chi connectivity index (χ1v) is 10.6. The zero-order valence-corrected chi connectivity index (χ0v) is 17.8. The molecule has 0 unspecified atom stereocenters. The Bertz CT molecular complexity index is 984. The fraction of sp³-hybridized carbons (Fsp3) is 0.280. The van der Waals surface area contributed by atoms with Gasteiger partial charge in [-0.1, -0.05) is 48.5 Å². The van der Waals surface area contributed by atoms with Gasteiger partial charge in [0.15, 0.2) is 6.61 Å².